The predicted octanol–water partition coefficient (Wildman–Crippen LogP) is -1.37. The highest BCUT2D eigenvalue weighted by Gasteiger charge is 2.27. The number of H-pyrrole nitrogens is 1. The van der Waals surface area contributed by atoms with Crippen LogP contribution in [0.15, 0.2) is 12.5 Å². The molecular formula is C20H35N7O5. The Morgan fingerprint density at radius 2 is 1.88 bits per heavy atom. The summed E-state index contributed by atoms with van der Waals surface area (Å²) in [6.45, 7) is 3.74. The van der Waals surface area contributed by atoms with E-state index < -0.39 is 48.4 Å². The van der Waals surface area contributed by atoms with Gasteiger partial charge in [0.05, 0.1) is 18.9 Å². The minimum absolute atomic E-state index is 0.0798. The van der Waals surface area contributed by atoms with Crippen LogP contribution in [0, 0.1) is 5.92 Å². The van der Waals surface area contributed by atoms with E-state index in [2.05, 4.69) is 25.9 Å². The molecule has 0 aliphatic heterocycles. The summed E-state index contributed by atoms with van der Waals surface area (Å²) in [5.41, 5.74) is 12.0. The molecule has 1 aromatic rings. The van der Waals surface area contributed by atoms with Gasteiger partial charge in [-0.2, -0.15) is 0 Å². The van der Waals surface area contributed by atoms with Gasteiger partial charge in [-0.1, -0.05) is 20.3 Å². The predicted molar refractivity (Wildman–Crippen MR) is 117 cm³/mol. The van der Waals surface area contributed by atoms with Crippen molar-refractivity contribution in [2.75, 3.05) is 13.1 Å². The fourth-order valence-corrected chi connectivity index (χ4v) is 2.89. The lowest BCUT2D eigenvalue weighted by Gasteiger charge is -2.23. The van der Waals surface area contributed by atoms with Gasteiger partial charge in [-0.3, -0.25) is 14.4 Å². The molecule has 0 aliphatic rings. The first-order valence-corrected chi connectivity index (χ1v) is 10.7. The Morgan fingerprint density at radius 1 is 1.16 bits per heavy atom. The average molecular weight is 454 g/mol. The molecule has 12 nitrogen and oxygen atoms in total. The van der Waals surface area contributed by atoms with Gasteiger partial charge in [-0.25, -0.2) is 9.78 Å². The van der Waals surface area contributed by atoms with Gasteiger partial charge in [0.15, 0.2) is 0 Å². The van der Waals surface area contributed by atoms with Crippen molar-refractivity contribution in [1.82, 2.24) is 25.9 Å². The highest BCUT2D eigenvalue weighted by molar-refractivity contribution is 5.92. The molecule has 0 saturated carbocycles. The third-order valence-corrected chi connectivity index (χ3v) is 5.18. The summed E-state index contributed by atoms with van der Waals surface area (Å²) in [6, 6.07) is -2.85. The zero-order valence-electron chi connectivity index (χ0n) is 18.6. The largest absolute Gasteiger partial charge is 0.480 e. The molecule has 32 heavy (non-hydrogen) atoms. The fourth-order valence-electron chi connectivity index (χ4n) is 2.89. The number of aromatic nitrogens is 2. The lowest BCUT2D eigenvalue weighted by molar-refractivity contribution is -0.142. The number of unbranched alkanes of at least 4 members (excludes halogenated alkanes) is 1. The van der Waals surface area contributed by atoms with E-state index >= 15 is 0 Å². The first kappa shape index (κ1) is 27.0. The summed E-state index contributed by atoms with van der Waals surface area (Å²) in [6.07, 6.45) is 5.20. The minimum atomic E-state index is -1.16. The summed E-state index contributed by atoms with van der Waals surface area (Å²) in [4.78, 5) is 55.4. The second-order valence-electron chi connectivity index (χ2n) is 7.71. The SMILES string of the molecule is CCC(C)C(N)C(=O)NC(Cc1cnc[nH]1)C(=O)NCC(=O)NC(CCCCN)C(=O)O. The molecule has 3 amide bonds. The topological polar surface area (TPSA) is 205 Å². The standard InChI is InChI=1S/C20H35N7O5/c1-3-12(2)17(22)19(30)27-15(8-13-9-23-11-25-13)18(29)24-10-16(28)26-14(20(31)32)6-4-5-7-21/h9,11-12,14-15,17H,3-8,10,21-22H2,1-2H3,(H,23,25)(H,24,29)(H,26,28)(H,27,30)(H,31,32). The molecule has 1 rings (SSSR count). The molecule has 1 heterocycles. The molecule has 0 aliphatic carbocycles. The lowest BCUT2D eigenvalue weighted by atomic mass is 9.99. The van der Waals surface area contributed by atoms with Crippen molar-refractivity contribution in [3.63, 3.8) is 0 Å². The Hall–Kier alpha value is -2.99. The zero-order chi connectivity index (χ0) is 24.1. The van der Waals surface area contributed by atoms with Gasteiger partial charge in [0, 0.05) is 18.3 Å². The molecule has 4 atom stereocenters. The molecule has 4 unspecified atom stereocenters. The molecule has 0 aromatic carbocycles. The van der Waals surface area contributed by atoms with Gasteiger partial charge >= 0.3 is 5.97 Å². The quantitative estimate of drug-likeness (QED) is 0.157. The van der Waals surface area contributed by atoms with Crippen LogP contribution >= 0.6 is 0 Å². The van der Waals surface area contributed by atoms with Crippen LogP contribution in [0.3, 0.4) is 0 Å². The molecule has 0 radical (unpaired) electrons. The molecule has 12 heteroatoms. The van der Waals surface area contributed by atoms with E-state index in [-0.39, 0.29) is 18.8 Å². The molecule has 0 saturated heterocycles. The molecule has 1 aromatic heterocycles. The second kappa shape index (κ2) is 14.1. The maximum absolute atomic E-state index is 12.7. The Morgan fingerprint density at radius 3 is 2.44 bits per heavy atom. The first-order chi connectivity index (χ1) is 15.2. The van der Waals surface area contributed by atoms with Crippen LogP contribution in [0.5, 0.6) is 0 Å². The van der Waals surface area contributed by atoms with Crippen LogP contribution in [0.1, 0.15) is 45.2 Å². The number of nitrogens with one attached hydrogen (secondary N) is 4. The van der Waals surface area contributed by atoms with Crippen LogP contribution < -0.4 is 27.4 Å². The van der Waals surface area contributed by atoms with Crippen molar-refractivity contribution in [2.24, 2.45) is 17.4 Å². The van der Waals surface area contributed by atoms with Gasteiger partial charge in [0.25, 0.3) is 0 Å². The number of hydrogen-bond donors (Lipinski definition) is 7. The Bertz CT molecular complexity index is 741. The number of carbonyl (C=O) groups excluding carboxylic acids is 3. The minimum Gasteiger partial charge on any atom is -0.480 e. The van der Waals surface area contributed by atoms with Crippen molar-refractivity contribution in [2.45, 2.75) is 64.1 Å². The van der Waals surface area contributed by atoms with Gasteiger partial charge in [0.1, 0.15) is 12.1 Å². The number of hydrogen-bond acceptors (Lipinski definition) is 7. The number of rotatable bonds is 15. The highest BCUT2D eigenvalue weighted by Crippen LogP contribution is 2.07. The number of nitrogens with zero attached hydrogens (tertiary/aromatic N) is 1. The summed E-state index contributed by atoms with van der Waals surface area (Å²) in [7, 11) is 0. The van der Waals surface area contributed by atoms with Crippen LogP contribution in [0.4, 0.5) is 0 Å². The molecule has 0 spiro atoms. The number of carbonyl (C=O) groups is 4. The molecular weight excluding hydrogens is 418 g/mol. The number of carboxylic acid groups (broad SMARTS) is 1. The Balaban J connectivity index is 2.71. The zero-order valence-corrected chi connectivity index (χ0v) is 18.6. The van der Waals surface area contributed by atoms with E-state index in [1.54, 1.807) is 0 Å². The van der Waals surface area contributed by atoms with Crippen molar-refractivity contribution in [3.05, 3.63) is 18.2 Å². The molecule has 0 fully saturated rings. The fraction of sp³-hybridized carbons (Fsp3) is 0.650. The van der Waals surface area contributed by atoms with Crippen LogP contribution in [-0.2, 0) is 25.6 Å². The second-order valence-corrected chi connectivity index (χ2v) is 7.71. The van der Waals surface area contributed by atoms with Gasteiger partial charge < -0.3 is 37.5 Å². The summed E-state index contributed by atoms with van der Waals surface area (Å²) >= 11 is 0. The van der Waals surface area contributed by atoms with Crippen molar-refractivity contribution in [1.29, 1.82) is 0 Å². The number of nitrogens with two attached hydrogens (primary N) is 2. The Labute approximate surface area is 187 Å². The van der Waals surface area contributed by atoms with Gasteiger partial charge in [0.2, 0.25) is 17.7 Å². The van der Waals surface area contributed by atoms with Crippen LogP contribution in [0.25, 0.3) is 0 Å². The summed E-state index contributed by atoms with van der Waals surface area (Å²) in [5.74, 6) is -2.97. The van der Waals surface area contributed by atoms with E-state index in [9.17, 15) is 24.3 Å². The molecule has 9 N–H and O–H groups in total. The molecule has 0 bridgehead atoms. The number of amides is 3. The smallest absolute Gasteiger partial charge is 0.326 e. The average Bonchev–Trinajstić information content (AvgIpc) is 3.28. The van der Waals surface area contributed by atoms with Gasteiger partial charge in [-0.05, 0) is 31.7 Å². The van der Waals surface area contributed by atoms with Gasteiger partial charge in [-0.15, -0.1) is 0 Å². The number of aliphatic carboxylic acids is 1. The van der Waals surface area contributed by atoms with E-state index in [0.29, 0.717) is 31.5 Å². The monoisotopic (exact) mass is 453 g/mol. The first-order valence-electron chi connectivity index (χ1n) is 10.7. The number of aromatic amines is 1. The Kier molecular flexibility index (Phi) is 12.0. The summed E-state index contributed by atoms with van der Waals surface area (Å²) in [5, 5.41) is 16.7. The van der Waals surface area contributed by atoms with E-state index in [4.69, 9.17) is 11.5 Å². The van der Waals surface area contributed by atoms with Crippen molar-refractivity contribution >= 4 is 23.7 Å². The third kappa shape index (κ3) is 9.43. The van der Waals surface area contributed by atoms with Crippen LogP contribution in [0.2, 0.25) is 0 Å². The van der Waals surface area contributed by atoms with E-state index in [1.807, 2.05) is 13.8 Å². The number of carboxylic acids is 1. The third-order valence-electron chi connectivity index (χ3n) is 5.18. The summed E-state index contributed by atoms with van der Waals surface area (Å²) < 4.78 is 0. The van der Waals surface area contributed by atoms with E-state index in [1.165, 1.54) is 12.5 Å². The maximum Gasteiger partial charge on any atom is 0.326 e. The van der Waals surface area contributed by atoms with Crippen LogP contribution in [-0.4, -0.2) is 70.0 Å². The normalized spacial score (nSPS) is 14.6. The molecule has 180 valence electrons. The van der Waals surface area contributed by atoms with Crippen molar-refractivity contribution < 1.29 is 24.3 Å². The maximum atomic E-state index is 12.7. The van der Waals surface area contributed by atoms with Crippen molar-refractivity contribution in [3.8, 4) is 0 Å². The highest BCUT2D eigenvalue weighted by atomic mass is 16.4. The van der Waals surface area contributed by atoms with E-state index in [0.717, 1.165) is 0 Å². The lowest BCUT2D eigenvalue weighted by Crippen LogP contribution is -2.55. The number of imidazole rings is 1.